The SMILES string of the molecule is c1ccc(-n2c3ccccc3c3ccc4c(ccc5c6ccccc6n(-c6ncc7ccccc7n6)c54)c32)cc1. The molecule has 0 aliphatic heterocycles. The van der Waals surface area contributed by atoms with Gasteiger partial charge in [0.25, 0.3) is 0 Å². The van der Waals surface area contributed by atoms with Crippen LogP contribution in [0.25, 0.3) is 76.9 Å². The number of nitrogens with zero attached hydrogens (tertiary/aromatic N) is 4. The summed E-state index contributed by atoms with van der Waals surface area (Å²) in [4.78, 5) is 9.90. The molecule has 9 rings (SSSR count). The lowest BCUT2D eigenvalue weighted by Crippen LogP contribution is -2.01. The van der Waals surface area contributed by atoms with Gasteiger partial charge in [0, 0.05) is 49.6 Å². The van der Waals surface area contributed by atoms with Crippen LogP contribution in [0.15, 0.2) is 134 Å². The van der Waals surface area contributed by atoms with Gasteiger partial charge in [-0.25, -0.2) is 9.97 Å². The monoisotopic (exact) mass is 510 g/mol. The Hall–Kier alpha value is -5.48. The number of para-hydroxylation sites is 4. The molecular weight excluding hydrogens is 488 g/mol. The Morgan fingerprint density at radius 1 is 0.425 bits per heavy atom. The van der Waals surface area contributed by atoms with Crippen LogP contribution >= 0.6 is 0 Å². The van der Waals surface area contributed by atoms with E-state index in [1.165, 1.54) is 43.4 Å². The van der Waals surface area contributed by atoms with Gasteiger partial charge in [-0.15, -0.1) is 0 Å². The molecule has 186 valence electrons. The summed E-state index contributed by atoms with van der Waals surface area (Å²) in [6.45, 7) is 0. The van der Waals surface area contributed by atoms with E-state index < -0.39 is 0 Å². The van der Waals surface area contributed by atoms with Gasteiger partial charge < -0.3 is 4.57 Å². The van der Waals surface area contributed by atoms with Gasteiger partial charge in [-0.05, 0) is 30.3 Å². The molecule has 3 heterocycles. The second kappa shape index (κ2) is 8.01. The van der Waals surface area contributed by atoms with E-state index in [0.29, 0.717) is 5.95 Å². The normalized spacial score (nSPS) is 12.0. The van der Waals surface area contributed by atoms with E-state index in [0.717, 1.165) is 27.6 Å². The minimum atomic E-state index is 0.682. The Bertz CT molecular complexity index is 2430. The van der Waals surface area contributed by atoms with Crippen LogP contribution in [0.5, 0.6) is 0 Å². The van der Waals surface area contributed by atoms with Crippen molar-refractivity contribution in [3.63, 3.8) is 0 Å². The van der Waals surface area contributed by atoms with Crippen LogP contribution in [-0.2, 0) is 0 Å². The third-order valence-corrected chi connectivity index (χ3v) is 8.15. The number of benzene rings is 6. The van der Waals surface area contributed by atoms with Crippen LogP contribution in [0.4, 0.5) is 0 Å². The molecule has 4 nitrogen and oxygen atoms in total. The van der Waals surface area contributed by atoms with Crippen molar-refractivity contribution < 1.29 is 0 Å². The average Bonchev–Trinajstić information content (AvgIpc) is 3.55. The molecule has 0 spiro atoms. The summed E-state index contributed by atoms with van der Waals surface area (Å²) in [5, 5.41) is 8.30. The van der Waals surface area contributed by atoms with Gasteiger partial charge in [0.2, 0.25) is 5.95 Å². The highest BCUT2D eigenvalue weighted by Gasteiger charge is 2.20. The van der Waals surface area contributed by atoms with Crippen molar-refractivity contribution in [1.82, 2.24) is 19.1 Å². The maximum atomic E-state index is 5.03. The number of aromatic nitrogens is 4. The van der Waals surface area contributed by atoms with Gasteiger partial charge >= 0.3 is 0 Å². The molecule has 0 aliphatic carbocycles. The Morgan fingerprint density at radius 3 is 1.65 bits per heavy atom. The van der Waals surface area contributed by atoms with Gasteiger partial charge in [-0.1, -0.05) is 97.1 Å². The van der Waals surface area contributed by atoms with Crippen molar-refractivity contribution in [2.24, 2.45) is 0 Å². The fourth-order valence-corrected chi connectivity index (χ4v) is 6.45. The summed E-state index contributed by atoms with van der Waals surface area (Å²) in [6, 6.07) is 45.2. The Labute approximate surface area is 229 Å². The molecule has 0 N–H and O–H groups in total. The summed E-state index contributed by atoms with van der Waals surface area (Å²) in [6.07, 6.45) is 1.93. The van der Waals surface area contributed by atoms with Crippen LogP contribution in [0.3, 0.4) is 0 Å². The van der Waals surface area contributed by atoms with E-state index in [1.807, 2.05) is 24.4 Å². The predicted octanol–water partition coefficient (Wildman–Crippen LogP) is 8.98. The van der Waals surface area contributed by atoms with Crippen LogP contribution in [0.1, 0.15) is 0 Å². The summed E-state index contributed by atoms with van der Waals surface area (Å²) in [5.74, 6) is 0.682. The van der Waals surface area contributed by atoms with Crippen molar-refractivity contribution in [3.05, 3.63) is 134 Å². The highest BCUT2D eigenvalue weighted by Crippen LogP contribution is 2.41. The molecule has 0 atom stereocenters. The van der Waals surface area contributed by atoms with Gasteiger partial charge in [0.15, 0.2) is 0 Å². The zero-order valence-electron chi connectivity index (χ0n) is 21.5. The molecule has 0 bridgehead atoms. The predicted molar refractivity (Wildman–Crippen MR) is 166 cm³/mol. The summed E-state index contributed by atoms with van der Waals surface area (Å²) in [7, 11) is 0. The number of fused-ring (bicyclic) bond motifs is 10. The molecule has 0 saturated heterocycles. The van der Waals surface area contributed by atoms with Crippen LogP contribution in [0, 0.1) is 0 Å². The molecule has 4 heteroatoms. The number of hydrogen-bond donors (Lipinski definition) is 0. The maximum Gasteiger partial charge on any atom is 0.235 e. The molecule has 6 aromatic carbocycles. The van der Waals surface area contributed by atoms with Gasteiger partial charge in [0.05, 0.1) is 27.6 Å². The van der Waals surface area contributed by atoms with Crippen molar-refractivity contribution in [2.45, 2.75) is 0 Å². The fraction of sp³-hybridized carbons (Fsp3) is 0. The standard InChI is InChI=1S/C36H22N4/c1-2-11-24(12-3-1)39-32-16-8-5-13-25(32)27-18-21-30-29(34(27)39)20-19-28-26-14-6-9-17-33(26)40(35(28)30)36-37-22-23-10-4-7-15-31(23)38-36/h1-22H. The van der Waals surface area contributed by atoms with Crippen LogP contribution in [0.2, 0.25) is 0 Å². The van der Waals surface area contributed by atoms with Crippen LogP contribution < -0.4 is 0 Å². The lowest BCUT2D eigenvalue weighted by atomic mass is 10.0. The van der Waals surface area contributed by atoms with E-state index in [1.54, 1.807) is 0 Å². The highest BCUT2D eigenvalue weighted by molar-refractivity contribution is 6.26. The van der Waals surface area contributed by atoms with E-state index in [-0.39, 0.29) is 0 Å². The second-order valence-corrected chi connectivity index (χ2v) is 10.3. The van der Waals surface area contributed by atoms with E-state index in [4.69, 9.17) is 9.97 Å². The minimum absolute atomic E-state index is 0.682. The van der Waals surface area contributed by atoms with Crippen LogP contribution in [-0.4, -0.2) is 19.1 Å². The molecule has 0 aliphatic rings. The fourth-order valence-electron chi connectivity index (χ4n) is 6.45. The topological polar surface area (TPSA) is 35.6 Å². The molecule has 9 aromatic rings. The zero-order chi connectivity index (χ0) is 26.2. The lowest BCUT2D eigenvalue weighted by Gasteiger charge is -2.12. The molecule has 40 heavy (non-hydrogen) atoms. The van der Waals surface area contributed by atoms with Crippen molar-refractivity contribution >= 4 is 65.3 Å². The maximum absolute atomic E-state index is 5.03. The third kappa shape index (κ3) is 2.85. The first-order valence-corrected chi connectivity index (χ1v) is 13.5. The molecule has 0 radical (unpaired) electrons. The first kappa shape index (κ1) is 21.5. The van der Waals surface area contributed by atoms with Gasteiger partial charge in [-0.3, -0.25) is 4.57 Å². The summed E-state index contributed by atoms with van der Waals surface area (Å²) in [5.41, 5.74) is 6.73. The first-order chi connectivity index (χ1) is 19.9. The molecule has 0 unspecified atom stereocenters. The number of rotatable bonds is 2. The molecule has 3 aromatic heterocycles. The molecular formula is C36H22N4. The average molecular weight is 511 g/mol. The minimum Gasteiger partial charge on any atom is -0.309 e. The van der Waals surface area contributed by atoms with E-state index >= 15 is 0 Å². The van der Waals surface area contributed by atoms with Crippen molar-refractivity contribution in [1.29, 1.82) is 0 Å². The van der Waals surface area contributed by atoms with Gasteiger partial charge in [0.1, 0.15) is 0 Å². The van der Waals surface area contributed by atoms with Crippen molar-refractivity contribution in [2.75, 3.05) is 0 Å². The quantitative estimate of drug-likeness (QED) is 0.233. The van der Waals surface area contributed by atoms with Crippen molar-refractivity contribution in [3.8, 4) is 11.6 Å². The summed E-state index contributed by atoms with van der Waals surface area (Å²) < 4.78 is 4.64. The summed E-state index contributed by atoms with van der Waals surface area (Å²) >= 11 is 0. The molecule has 0 fully saturated rings. The zero-order valence-corrected chi connectivity index (χ0v) is 21.5. The first-order valence-electron chi connectivity index (χ1n) is 13.5. The largest absolute Gasteiger partial charge is 0.309 e. The van der Waals surface area contributed by atoms with Gasteiger partial charge in [-0.2, -0.15) is 0 Å². The Balaban J connectivity index is 1.49. The smallest absolute Gasteiger partial charge is 0.235 e. The van der Waals surface area contributed by atoms with E-state index in [9.17, 15) is 0 Å². The lowest BCUT2D eigenvalue weighted by molar-refractivity contribution is 1.01. The highest BCUT2D eigenvalue weighted by atomic mass is 15.2. The third-order valence-electron chi connectivity index (χ3n) is 8.15. The van der Waals surface area contributed by atoms with E-state index in [2.05, 4.69) is 118 Å². The molecule has 0 saturated carbocycles. The molecule has 0 amide bonds. The second-order valence-electron chi connectivity index (χ2n) is 10.3. The number of hydrogen-bond acceptors (Lipinski definition) is 2. The Morgan fingerprint density at radius 2 is 0.950 bits per heavy atom. The Kier molecular flexibility index (Phi) is 4.30.